The van der Waals surface area contributed by atoms with E-state index in [0.29, 0.717) is 30.3 Å². The number of aliphatic hydroxyl groups is 1. The van der Waals surface area contributed by atoms with Crippen LogP contribution in [-0.4, -0.2) is 50.4 Å². The summed E-state index contributed by atoms with van der Waals surface area (Å²) >= 11 is 0. The van der Waals surface area contributed by atoms with Crippen molar-refractivity contribution in [1.82, 2.24) is 19.6 Å². The van der Waals surface area contributed by atoms with E-state index in [9.17, 15) is 14.3 Å². The summed E-state index contributed by atoms with van der Waals surface area (Å²) in [4.78, 5) is 19.8. The smallest absolute Gasteiger partial charge is 0.224 e. The molecule has 2 N–H and O–H groups in total. The van der Waals surface area contributed by atoms with Gasteiger partial charge in [-0.05, 0) is 71.4 Å². The maximum Gasteiger partial charge on any atom is 0.224 e. The number of rotatable bonds is 6. The summed E-state index contributed by atoms with van der Waals surface area (Å²) in [7, 11) is 0. The van der Waals surface area contributed by atoms with Crippen molar-refractivity contribution in [3.8, 4) is 0 Å². The van der Waals surface area contributed by atoms with Crippen LogP contribution in [0.3, 0.4) is 0 Å². The summed E-state index contributed by atoms with van der Waals surface area (Å²) in [5.74, 6) is 1.06. The van der Waals surface area contributed by atoms with Gasteiger partial charge in [-0.3, -0.25) is 14.1 Å². The van der Waals surface area contributed by atoms with E-state index in [1.807, 2.05) is 45.7 Å². The second-order valence-corrected chi connectivity index (χ2v) is 11.1. The monoisotopic (exact) mass is 444 g/mol. The van der Waals surface area contributed by atoms with Crippen LogP contribution in [0.5, 0.6) is 0 Å². The van der Waals surface area contributed by atoms with Crippen LogP contribution in [0.4, 0.5) is 4.39 Å². The molecule has 0 aromatic carbocycles. The van der Waals surface area contributed by atoms with Crippen LogP contribution in [0, 0.1) is 23.6 Å². The number of fused-ring (bicyclic) bond motifs is 2. The van der Waals surface area contributed by atoms with Gasteiger partial charge in [-0.25, -0.2) is 9.37 Å². The molecule has 3 fully saturated rings. The fourth-order valence-electron chi connectivity index (χ4n) is 5.17. The SMILES string of the molecule is CC(C)(C)OC(O)N1C[C@@H]2C(C(=O)NC(C)(C)c3nc(C4CC4)c4c(F)cccn34)[C@@H]2C1. The van der Waals surface area contributed by atoms with Gasteiger partial charge in [-0.1, -0.05) is 0 Å². The van der Waals surface area contributed by atoms with Crippen LogP contribution in [0.1, 0.15) is 64.9 Å². The van der Waals surface area contributed by atoms with Gasteiger partial charge in [0.25, 0.3) is 0 Å². The van der Waals surface area contributed by atoms with E-state index in [4.69, 9.17) is 9.72 Å². The molecule has 7 nitrogen and oxygen atoms in total. The predicted octanol–water partition coefficient (Wildman–Crippen LogP) is 2.97. The van der Waals surface area contributed by atoms with Crippen LogP contribution >= 0.6 is 0 Å². The molecule has 4 atom stereocenters. The normalized spacial score (nSPS) is 26.9. The molecule has 2 saturated carbocycles. The van der Waals surface area contributed by atoms with Crippen molar-refractivity contribution in [3.63, 3.8) is 0 Å². The predicted molar refractivity (Wildman–Crippen MR) is 117 cm³/mol. The molecule has 3 aliphatic rings. The second-order valence-electron chi connectivity index (χ2n) is 11.1. The van der Waals surface area contributed by atoms with Gasteiger partial charge in [-0.15, -0.1) is 0 Å². The number of carbonyl (C=O) groups is 1. The summed E-state index contributed by atoms with van der Waals surface area (Å²) < 4.78 is 22.0. The Morgan fingerprint density at radius 3 is 2.50 bits per heavy atom. The summed E-state index contributed by atoms with van der Waals surface area (Å²) in [5.41, 5.74) is 0.150. The van der Waals surface area contributed by atoms with Crippen LogP contribution in [0.2, 0.25) is 0 Å². The highest BCUT2D eigenvalue weighted by Crippen LogP contribution is 2.52. The van der Waals surface area contributed by atoms with E-state index in [0.717, 1.165) is 18.5 Å². The molecule has 1 aliphatic heterocycles. The van der Waals surface area contributed by atoms with Gasteiger partial charge in [0.15, 0.2) is 0 Å². The van der Waals surface area contributed by atoms with Gasteiger partial charge < -0.3 is 15.2 Å². The van der Waals surface area contributed by atoms with Gasteiger partial charge in [0.1, 0.15) is 17.2 Å². The maximum absolute atomic E-state index is 14.6. The number of aliphatic hydroxyl groups excluding tert-OH is 1. The Balaban J connectivity index is 1.28. The minimum absolute atomic E-state index is 0.00277. The molecule has 3 heterocycles. The molecule has 5 rings (SSSR count). The van der Waals surface area contributed by atoms with Crippen molar-refractivity contribution < 1.29 is 19.0 Å². The number of imidazole rings is 1. The van der Waals surface area contributed by atoms with Gasteiger partial charge in [0, 0.05) is 31.1 Å². The van der Waals surface area contributed by atoms with E-state index >= 15 is 0 Å². The Kier molecular flexibility index (Phi) is 4.93. The Bertz CT molecular complexity index is 1040. The third-order valence-electron chi connectivity index (χ3n) is 6.90. The summed E-state index contributed by atoms with van der Waals surface area (Å²) in [6, 6.07) is 3.14. The molecule has 0 spiro atoms. The Labute approximate surface area is 188 Å². The number of nitrogens with zero attached hydrogens (tertiary/aromatic N) is 3. The summed E-state index contributed by atoms with van der Waals surface area (Å²) in [6.07, 6.45) is 2.93. The molecule has 1 amide bonds. The van der Waals surface area contributed by atoms with Gasteiger partial charge in [0.05, 0.1) is 16.8 Å². The minimum atomic E-state index is -0.949. The molecule has 0 radical (unpaired) electrons. The average Bonchev–Trinajstić information content (AvgIpc) is 3.55. The number of ether oxygens (including phenoxy) is 1. The summed E-state index contributed by atoms with van der Waals surface area (Å²) in [5, 5.41) is 13.5. The van der Waals surface area contributed by atoms with Crippen molar-refractivity contribution in [2.75, 3.05) is 13.1 Å². The van der Waals surface area contributed by atoms with E-state index in [1.165, 1.54) is 6.07 Å². The lowest BCUT2D eigenvalue weighted by atomic mass is 10.0. The van der Waals surface area contributed by atoms with Gasteiger partial charge in [-0.2, -0.15) is 0 Å². The standard InChI is InChI=1S/C24H33FN4O3/c1-23(2,3)32-22(31)28-11-14-15(12-28)17(14)20(30)27-24(4,5)21-26-18(13-8-9-13)19-16(25)7-6-10-29(19)21/h6-7,10,13-15,17,22,31H,8-9,11-12H2,1-5H3,(H,27,30)/t14-,15+,17?,22?. The number of halogens is 1. The first kappa shape index (κ1) is 21.8. The van der Waals surface area contributed by atoms with Gasteiger partial charge >= 0.3 is 0 Å². The lowest BCUT2D eigenvalue weighted by Crippen LogP contribution is -2.46. The molecule has 2 aromatic heterocycles. The highest BCUT2D eigenvalue weighted by Gasteiger charge is 2.60. The zero-order valence-electron chi connectivity index (χ0n) is 19.4. The van der Waals surface area contributed by atoms with Crippen molar-refractivity contribution in [3.05, 3.63) is 35.7 Å². The van der Waals surface area contributed by atoms with E-state index in [1.54, 1.807) is 10.5 Å². The number of aromatic nitrogens is 2. The van der Waals surface area contributed by atoms with Crippen molar-refractivity contribution >= 4 is 11.4 Å². The van der Waals surface area contributed by atoms with Crippen LogP contribution < -0.4 is 5.32 Å². The molecule has 32 heavy (non-hydrogen) atoms. The van der Waals surface area contributed by atoms with Crippen molar-refractivity contribution in [2.45, 2.75) is 70.9 Å². The Morgan fingerprint density at radius 2 is 1.91 bits per heavy atom. The maximum atomic E-state index is 14.6. The zero-order valence-corrected chi connectivity index (χ0v) is 19.4. The molecule has 174 valence electrons. The fraction of sp³-hybridized carbons (Fsp3) is 0.667. The van der Waals surface area contributed by atoms with Crippen molar-refractivity contribution in [1.29, 1.82) is 0 Å². The van der Waals surface area contributed by atoms with Crippen LogP contribution in [-0.2, 0) is 15.1 Å². The number of piperidine rings is 1. The lowest BCUT2D eigenvalue weighted by molar-refractivity contribution is -0.236. The molecular weight excluding hydrogens is 411 g/mol. The lowest BCUT2D eigenvalue weighted by Gasteiger charge is -2.31. The van der Waals surface area contributed by atoms with E-state index in [2.05, 4.69) is 5.32 Å². The molecule has 8 heteroatoms. The number of hydrogen-bond donors (Lipinski definition) is 2. The molecule has 2 unspecified atom stereocenters. The molecule has 0 bridgehead atoms. The molecule has 2 aromatic rings. The topological polar surface area (TPSA) is 79.1 Å². The van der Waals surface area contributed by atoms with Crippen LogP contribution in [0.25, 0.3) is 5.52 Å². The summed E-state index contributed by atoms with van der Waals surface area (Å²) in [6.45, 7) is 10.9. The molecule has 1 saturated heterocycles. The van der Waals surface area contributed by atoms with Gasteiger partial charge in [0.2, 0.25) is 12.3 Å². The first-order valence-corrected chi connectivity index (χ1v) is 11.6. The molecule has 2 aliphatic carbocycles. The van der Waals surface area contributed by atoms with Crippen molar-refractivity contribution in [2.24, 2.45) is 17.8 Å². The minimum Gasteiger partial charge on any atom is -0.356 e. The largest absolute Gasteiger partial charge is 0.356 e. The number of pyridine rings is 1. The average molecular weight is 445 g/mol. The third-order valence-corrected chi connectivity index (χ3v) is 6.90. The highest BCUT2D eigenvalue weighted by atomic mass is 19.1. The first-order chi connectivity index (χ1) is 15.0. The highest BCUT2D eigenvalue weighted by molar-refractivity contribution is 5.83. The Morgan fingerprint density at radius 1 is 1.25 bits per heavy atom. The van der Waals surface area contributed by atoms with E-state index in [-0.39, 0.29) is 29.5 Å². The zero-order chi connectivity index (χ0) is 23.0. The van der Waals surface area contributed by atoms with Crippen LogP contribution in [0.15, 0.2) is 18.3 Å². The number of carbonyl (C=O) groups excluding carboxylic acids is 1. The number of amides is 1. The molecular formula is C24H33FN4O3. The number of likely N-dealkylation sites (tertiary alicyclic amines) is 1. The third kappa shape index (κ3) is 3.82. The quantitative estimate of drug-likeness (QED) is 0.670. The second kappa shape index (κ2) is 7.23. The van der Waals surface area contributed by atoms with E-state index < -0.39 is 17.6 Å². The number of nitrogens with one attached hydrogen (secondary N) is 1. The first-order valence-electron chi connectivity index (χ1n) is 11.6. The Hall–Kier alpha value is -2.03. The fourth-order valence-corrected chi connectivity index (χ4v) is 5.17. The number of hydrogen-bond acceptors (Lipinski definition) is 5.